The number of carbonyl (C=O) groups excluding carboxylic acids is 2. The number of ether oxygens (including phenoxy) is 3. The van der Waals surface area contributed by atoms with Crippen molar-refractivity contribution in [3.63, 3.8) is 0 Å². The Labute approximate surface area is 146 Å². The Morgan fingerprint density at radius 3 is 2.44 bits per heavy atom. The van der Waals surface area contributed by atoms with E-state index in [1.807, 2.05) is 23.1 Å². The van der Waals surface area contributed by atoms with E-state index in [2.05, 4.69) is 0 Å². The Balaban J connectivity index is 1.44. The zero-order chi connectivity index (χ0) is 17.4. The van der Waals surface area contributed by atoms with Gasteiger partial charge in [-0.3, -0.25) is 4.79 Å². The number of hydrogen-bond donors (Lipinski definition) is 0. The van der Waals surface area contributed by atoms with Crippen LogP contribution in [-0.2, 0) is 14.9 Å². The largest absolute Gasteiger partial charge is 0.454 e. The van der Waals surface area contributed by atoms with Gasteiger partial charge in [0.05, 0.1) is 12.0 Å². The first kappa shape index (κ1) is 16.1. The molecule has 1 aromatic carbocycles. The predicted molar refractivity (Wildman–Crippen MR) is 88.7 cm³/mol. The third-order valence-electron chi connectivity index (χ3n) is 5.18. The molecule has 0 radical (unpaired) electrons. The Morgan fingerprint density at radius 1 is 1.08 bits per heavy atom. The Hall–Kier alpha value is -2.44. The molecule has 0 atom stereocenters. The van der Waals surface area contributed by atoms with E-state index in [-0.39, 0.29) is 18.8 Å². The minimum atomic E-state index is -0.437. The Kier molecular flexibility index (Phi) is 3.94. The minimum Gasteiger partial charge on any atom is -0.454 e. The van der Waals surface area contributed by atoms with Gasteiger partial charge in [-0.25, -0.2) is 4.79 Å². The molecule has 0 spiro atoms. The van der Waals surface area contributed by atoms with Gasteiger partial charge >= 0.3 is 6.09 Å². The minimum absolute atomic E-state index is 0.148. The van der Waals surface area contributed by atoms with Gasteiger partial charge in [0.15, 0.2) is 11.5 Å². The molecule has 1 saturated heterocycles. The molecular formula is C18H22N2O5. The maximum atomic E-state index is 13.1. The topological polar surface area (TPSA) is 68.3 Å². The second-order valence-electron chi connectivity index (χ2n) is 6.63. The first-order valence-corrected chi connectivity index (χ1v) is 8.75. The molecule has 0 N–H and O–H groups in total. The number of nitrogens with zero attached hydrogens (tertiary/aromatic N) is 2. The van der Waals surface area contributed by atoms with E-state index in [4.69, 9.17) is 14.2 Å². The smallest absolute Gasteiger partial charge is 0.409 e. The lowest BCUT2D eigenvalue weighted by Crippen LogP contribution is -2.53. The lowest BCUT2D eigenvalue weighted by Gasteiger charge is -2.36. The lowest BCUT2D eigenvalue weighted by atomic mass is 9.93. The Bertz CT molecular complexity index is 693. The molecule has 0 aromatic heterocycles. The highest BCUT2D eigenvalue weighted by Crippen LogP contribution is 2.51. The number of amides is 2. The normalized spacial score (nSPS) is 20.4. The number of benzene rings is 1. The summed E-state index contributed by atoms with van der Waals surface area (Å²) in [5.74, 6) is 1.59. The van der Waals surface area contributed by atoms with E-state index in [0.29, 0.717) is 38.5 Å². The van der Waals surface area contributed by atoms with E-state index in [1.165, 1.54) is 0 Å². The highest BCUT2D eigenvalue weighted by atomic mass is 16.7. The van der Waals surface area contributed by atoms with Crippen LogP contribution >= 0.6 is 0 Å². The third kappa shape index (κ3) is 2.77. The van der Waals surface area contributed by atoms with Crippen LogP contribution < -0.4 is 9.47 Å². The molecule has 2 amide bonds. The highest BCUT2D eigenvalue weighted by Gasteiger charge is 2.53. The highest BCUT2D eigenvalue weighted by molar-refractivity contribution is 5.91. The molecular weight excluding hydrogens is 324 g/mol. The monoisotopic (exact) mass is 346 g/mol. The van der Waals surface area contributed by atoms with Crippen LogP contribution in [0.1, 0.15) is 25.3 Å². The van der Waals surface area contributed by atoms with Crippen molar-refractivity contribution in [2.75, 3.05) is 39.6 Å². The second-order valence-corrected chi connectivity index (χ2v) is 6.63. The van der Waals surface area contributed by atoms with Crippen molar-refractivity contribution >= 4 is 12.0 Å². The van der Waals surface area contributed by atoms with Crippen LogP contribution in [0, 0.1) is 0 Å². The number of rotatable bonds is 3. The van der Waals surface area contributed by atoms with Crippen LogP contribution in [0.25, 0.3) is 0 Å². The number of hydrogen-bond acceptors (Lipinski definition) is 5. The van der Waals surface area contributed by atoms with Gasteiger partial charge in [-0.15, -0.1) is 0 Å². The maximum Gasteiger partial charge on any atom is 0.409 e. The van der Waals surface area contributed by atoms with Crippen molar-refractivity contribution < 1.29 is 23.8 Å². The molecule has 134 valence electrons. The van der Waals surface area contributed by atoms with Crippen molar-refractivity contribution in [2.24, 2.45) is 0 Å². The first-order chi connectivity index (χ1) is 12.1. The SMILES string of the molecule is CCOC(=O)N1CCN(C(=O)C2(c3ccc4c(c3)OCO4)CC2)CC1. The summed E-state index contributed by atoms with van der Waals surface area (Å²) in [6.07, 6.45) is 1.40. The van der Waals surface area contributed by atoms with E-state index < -0.39 is 5.41 Å². The second kappa shape index (κ2) is 6.13. The van der Waals surface area contributed by atoms with Gasteiger partial charge < -0.3 is 24.0 Å². The summed E-state index contributed by atoms with van der Waals surface area (Å²) in [4.78, 5) is 28.4. The van der Waals surface area contributed by atoms with Crippen molar-refractivity contribution in [2.45, 2.75) is 25.2 Å². The predicted octanol–water partition coefficient (Wildman–Crippen LogP) is 1.75. The standard InChI is InChI=1S/C18H22N2O5/c1-2-23-17(22)20-9-7-19(8-10-20)16(21)18(5-6-18)13-3-4-14-15(11-13)25-12-24-14/h3-4,11H,2,5-10,12H2,1H3. The lowest BCUT2D eigenvalue weighted by molar-refractivity contribution is -0.135. The summed E-state index contributed by atoms with van der Waals surface area (Å²) in [7, 11) is 0. The van der Waals surface area contributed by atoms with Gasteiger partial charge in [-0.05, 0) is 37.5 Å². The maximum absolute atomic E-state index is 13.1. The van der Waals surface area contributed by atoms with Gasteiger partial charge in [-0.1, -0.05) is 6.07 Å². The Morgan fingerprint density at radius 2 is 1.76 bits per heavy atom. The zero-order valence-corrected chi connectivity index (χ0v) is 14.3. The van der Waals surface area contributed by atoms with E-state index >= 15 is 0 Å². The van der Waals surface area contributed by atoms with Crippen LogP contribution in [0.5, 0.6) is 11.5 Å². The summed E-state index contributed by atoms with van der Waals surface area (Å²) in [5, 5.41) is 0. The summed E-state index contributed by atoms with van der Waals surface area (Å²) in [6.45, 7) is 4.51. The van der Waals surface area contributed by atoms with Gasteiger partial charge in [0.25, 0.3) is 0 Å². The molecule has 0 bridgehead atoms. The molecule has 0 unspecified atom stereocenters. The average molecular weight is 346 g/mol. The van der Waals surface area contributed by atoms with Crippen molar-refractivity contribution in [1.82, 2.24) is 9.80 Å². The number of fused-ring (bicyclic) bond motifs is 1. The van der Waals surface area contributed by atoms with E-state index in [1.54, 1.807) is 11.8 Å². The zero-order valence-electron chi connectivity index (χ0n) is 14.3. The van der Waals surface area contributed by atoms with Crippen LogP contribution in [0.2, 0.25) is 0 Å². The van der Waals surface area contributed by atoms with Crippen LogP contribution in [0.3, 0.4) is 0 Å². The summed E-state index contributed by atoms with van der Waals surface area (Å²) in [6, 6.07) is 5.78. The average Bonchev–Trinajstić information content (AvgIpc) is 3.32. The van der Waals surface area contributed by atoms with E-state index in [0.717, 1.165) is 24.2 Å². The molecule has 2 fully saturated rings. The van der Waals surface area contributed by atoms with Crippen LogP contribution in [0.15, 0.2) is 18.2 Å². The molecule has 1 saturated carbocycles. The van der Waals surface area contributed by atoms with Gasteiger partial charge in [0.2, 0.25) is 12.7 Å². The van der Waals surface area contributed by atoms with Crippen molar-refractivity contribution in [1.29, 1.82) is 0 Å². The molecule has 1 aromatic rings. The fourth-order valence-corrected chi connectivity index (χ4v) is 3.55. The van der Waals surface area contributed by atoms with Crippen molar-refractivity contribution in [3.05, 3.63) is 23.8 Å². The van der Waals surface area contributed by atoms with E-state index in [9.17, 15) is 9.59 Å². The quantitative estimate of drug-likeness (QED) is 0.834. The van der Waals surface area contributed by atoms with Gasteiger partial charge in [0.1, 0.15) is 0 Å². The van der Waals surface area contributed by atoms with Crippen LogP contribution in [-0.4, -0.2) is 61.4 Å². The molecule has 2 heterocycles. The molecule has 2 aliphatic heterocycles. The summed E-state index contributed by atoms with van der Waals surface area (Å²) >= 11 is 0. The first-order valence-electron chi connectivity index (χ1n) is 8.75. The number of carbonyl (C=O) groups is 2. The van der Waals surface area contributed by atoms with Gasteiger partial charge in [0, 0.05) is 26.2 Å². The summed E-state index contributed by atoms with van der Waals surface area (Å²) in [5.41, 5.74) is 0.558. The molecule has 7 nitrogen and oxygen atoms in total. The third-order valence-corrected chi connectivity index (χ3v) is 5.18. The molecule has 4 rings (SSSR count). The molecule has 7 heteroatoms. The van der Waals surface area contributed by atoms with Crippen LogP contribution in [0.4, 0.5) is 4.79 Å². The fourth-order valence-electron chi connectivity index (χ4n) is 3.55. The molecule has 1 aliphatic carbocycles. The molecule has 25 heavy (non-hydrogen) atoms. The van der Waals surface area contributed by atoms with Crippen molar-refractivity contribution in [3.8, 4) is 11.5 Å². The molecule has 3 aliphatic rings. The fraction of sp³-hybridized carbons (Fsp3) is 0.556. The summed E-state index contributed by atoms with van der Waals surface area (Å²) < 4.78 is 15.8. The number of piperazine rings is 1. The van der Waals surface area contributed by atoms with Gasteiger partial charge in [-0.2, -0.15) is 0 Å².